The number of hydrogen-bond donors (Lipinski definition) is 1. The summed E-state index contributed by atoms with van der Waals surface area (Å²) in [5.74, 6) is 0. The molecular weight excluding hydrogens is 202 g/mol. The van der Waals surface area contributed by atoms with Gasteiger partial charge in [-0.3, -0.25) is 0 Å². The van der Waals surface area contributed by atoms with Gasteiger partial charge in [0.1, 0.15) is 5.21 Å². The van der Waals surface area contributed by atoms with Crippen LogP contribution in [0.3, 0.4) is 0 Å². The molecule has 12 heavy (non-hydrogen) atoms. The number of nitrogens with one attached hydrogen (secondary N) is 1. The molecule has 0 aromatic heterocycles. The van der Waals surface area contributed by atoms with E-state index in [-0.39, 0.29) is 0 Å². The Balaban J connectivity index is 3.37. The van der Waals surface area contributed by atoms with Crippen LogP contribution in [-0.2, 0) is 14.8 Å². The van der Waals surface area contributed by atoms with Crippen LogP contribution in [0.4, 0.5) is 0 Å². The van der Waals surface area contributed by atoms with Crippen molar-refractivity contribution < 1.29 is 13.2 Å². The first kappa shape index (κ1) is 11.7. The molecule has 0 atom stereocenters. The summed E-state index contributed by atoms with van der Waals surface area (Å²) in [4.78, 5) is 0. The summed E-state index contributed by atoms with van der Waals surface area (Å²) in [6, 6.07) is 0. The van der Waals surface area contributed by atoms with Gasteiger partial charge in [0.2, 0.25) is 10.0 Å². The van der Waals surface area contributed by atoms with Crippen LogP contribution < -0.4 is 4.72 Å². The van der Waals surface area contributed by atoms with Crippen LogP contribution in [0.1, 0.15) is 6.42 Å². The second kappa shape index (κ2) is 6.28. The van der Waals surface area contributed by atoms with Gasteiger partial charge in [0.05, 0.1) is 12.9 Å². The summed E-state index contributed by atoms with van der Waals surface area (Å²) in [5, 5.41) is -0.407. The number of ether oxygens (including phenoxy) is 1. The number of sulfonamides is 1. The fourth-order valence-corrected chi connectivity index (χ4v) is 1.27. The molecule has 0 aliphatic heterocycles. The van der Waals surface area contributed by atoms with Gasteiger partial charge in [-0.2, -0.15) is 0 Å². The molecule has 6 heteroatoms. The Labute approximate surface area is 77.6 Å². The minimum atomic E-state index is -3.27. The number of alkyl halides is 1. The first-order valence-electron chi connectivity index (χ1n) is 3.38. The standard InChI is InChI=1S/C6H12ClNO3S/c1-2-11-5-3-4-8-12(9,10)6-7/h2,8H,1,3-6H2. The quantitative estimate of drug-likeness (QED) is 0.384. The highest BCUT2D eigenvalue weighted by Gasteiger charge is 2.05. The first-order chi connectivity index (χ1) is 5.62. The van der Waals surface area contributed by atoms with E-state index in [4.69, 9.17) is 16.3 Å². The van der Waals surface area contributed by atoms with Crippen molar-refractivity contribution in [2.45, 2.75) is 6.42 Å². The van der Waals surface area contributed by atoms with Crippen molar-refractivity contribution in [1.82, 2.24) is 4.72 Å². The Bertz CT molecular complexity index is 215. The van der Waals surface area contributed by atoms with Crippen molar-refractivity contribution in [2.75, 3.05) is 18.4 Å². The van der Waals surface area contributed by atoms with Crippen molar-refractivity contribution in [3.8, 4) is 0 Å². The number of halogens is 1. The molecule has 0 saturated carbocycles. The van der Waals surface area contributed by atoms with Crippen LogP contribution in [0.5, 0.6) is 0 Å². The zero-order valence-corrected chi connectivity index (χ0v) is 8.20. The fourth-order valence-electron chi connectivity index (χ4n) is 0.505. The molecule has 0 fully saturated rings. The molecule has 0 unspecified atom stereocenters. The van der Waals surface area contributed by atoms with Gasteiger partial charge in [-0.05, 0) is 6.42 Å². The van der Waals surface area contributed by atoms with E-state index in [1.807, 2.05) is 0 Å². The molecule has 4 nitrogen and oxygen atoms in total. The topological polar surface area (TPSA) is 55.4 Å². The van der Waals surface area contributed by atoms with E-state index in [0.717, 1.165) is 0 Å². The predicted molar refractivity (Wildman–Crippen MR) is 48.4 cm³/mol. The molecule has 0 aliphatic rings. The third kappa shape index (κ3) is 6.45. The summed E-state index contributed by atoms with van der Waals surface area (Å²) in [7, 11) is -3.27. The molecule has 0 aliphatic carbocycles. The van der Waals surface area contributed by atoms with Crippen molar-refractivity contribution in [3.05, 3.63) is 12.8 Å². The zero-order chi connectivity index (χ0) is 9.45. The van der Waals surface area contributed by atoms with Gasteiger partial charge in [0.25, 0.3) is 0 Å². The highest BCUT2D eigenvalue weighted by molar-refractivity contribution is 7.90. The second-order valence-electron chi connectivity index (χ2n) is 2.01. The van der Waals surface area contributed by atoms with Crippen LogP contribution in [0, 0.1) is 0 Å². The fraction of sp³-hybridized carbons (Fsp3) is 0.667. The Kier molecular flexibility index (Phi) is 6.14. The van der Waals surface area contributed by atoms with Crippen LogP contribution in [0.25, 0.3) is 0 Å². The Morgan fingerprint density at radius 1 is 1.58 bits per heavy atom. The summed E-state index contributed by atoms with van der Waals surface area (Å²) in [5.41, 5.74) is 0. The minimum Gasteiger partial charge on any atom is -0.502 e. The van der Waals surface area contributed by atoms with E-state index >= 15 is 0 Å². The molecule has 72 valence electrons. The maximum absolute atomic E-state index is 10.7. The number of rotatable bonds is 7. The first-order valence-corrected chi connectivity index (χ1v) is 5.57. The van der Waals surface area contributed by atoms with Crippen molar-refractivity contribution in [1.29, 1.82) is 0 Å². The normalized spacial score (nSPS) is 11.1. The van der Waals surface area contributed by atoms with E-state index in [9.17, 15) is 8.42 Å². The van der Waals surface area contributed by atoms with Crippen molar-refractivity contribution in [2.24, 2.45) is 0 Å². The lowest BCUT2D eigenvalue weighted by Crippen LogP contribution is -2.26. The molecule has 0 rings (SSSR count). The smallest absolute Gasteiger partial charge is 0.225 e. The largest absolute Gasteiger partial charge is 0.502 e. The van der Waals surface area contributed by atoms with Crippen LogP contribution in [0.15, 0.2) is 12.8 Å². The lowest BCUT2D eigenvalue weighted by molar-refractivity contribution is 0.247. The SMILES string of the molecule is C=COCCCNS(=O)(=O)CCl. The molecule has 0 heterocycles. The molecule has 0 aromatic carbocycles. The van der Waals surface area contributed by atoms with Gasteiger partial charge in [0.15, 0.2) is 0 Å². The van der Waals surface area contributed by atoms with E-state index in [0.29, 0.717) is 19.6 Å². The maximum atomic E-state index is 10.7. The Hall–Kier alpha value is -0.260. The van der Waals surface area contributed by atoms with E-state index < -0.39 is 15.2 Å². The maximum Gasteiger partial charge on any atom is 0.225 e. The molecule has 0 spiro atoms. The van der Waals surface area contributed by atoms with Gasteiger partial charge in [-0.1, -0.05) is 6.58 Å². The predicted octanol–water partition coefficient (Wildman–Crippen LogP) is 0.652. The summed E-state index contributed by atoms with van der Waals surface area (Å²) >= 11 is 5.14. The monoisotopic (exact) mass is 213 g/mol. The van der Waals surface area contributed by atoms with Gasteiger partial charge in [-0.25, -0.2) is 13.1 Å². The molecule has 0 radical (unpaired) electrons. The van der Waals surface area contributed by atoms with Crippen LogP contribution in [0.2, 0.25) is 0 Å². The zero-order valence-electron chi connectivity index (χ0n) is 6.62. The van der Waals surface area contributed by atoms with E-state index in [1.165, 1.54) is 6.26 Å². The van der Waals surface area contributed by atoms with Gasteiger partial charge in [0, 0.05) is 6.54 Å². The third-order valence-electron chi connectivity index (χ3n) is 1.02. The molecule has 0 bridgehead atoms. The van der Waals surface area contributed by atoms with E-state index in [2.05, 4.69) is 11.3 Å². The Morgan fingerprint density at radius 2 is 2.25 bits per heavy atom. The molecule has 0 aromatic rings. The summed E-state index contributed by atoms with van der Waals surface area (Å²) in [6.07, 6.45) is 1.91. The molecule has 0 saturated heterocycles. The average molecular weight is 214 g/mol. The average Bonchev–Trinajstić information content (AvgIpc) is 2.04. The van der Waals surface area contributed by atoms with E-state index in [1.54, 1.807) is 0 Å². The molecule has 0 amide bonds. The van der Waals surface area contributed by atoms with Crippen molar-refractivity contribution in [3.63, 3.8) is 0 Å². The summed E-state index contributed by atoms with van der Waals surface area (Å²) < 4.78 is 28.5. The van der Waals surface area contributed by atoms with Gasteiger partial charge < -0.3 is 4.74 Å². The summed E-state index contributed by atoms with van der Waals surface area (Å²) in [6.45, 7) is 4.13. The molecular formula is C6H12ClNO3S. The van der Waals surface area contributed by atoms with Crippen LogP contribution in [-0.4, -0.2) is 26.8 Å². The Morgan fingerprint density at radius 3 is 2.75 bits per heavy atom. The highest BCUT2D eigenvalue weighted by Crippen LogP contribution is 1.88. The highest BCUT2D eigenvalue weighted by atomic mass is 35.5. The lowest BCUT2D eigenvalue weighted by atomic mass is 10.5. The number of hydrogen-bond acceptors (Lipinski definition) is 3. The second-order valence-corrected chi connectivity index (χ2v) is 4.40. The van der Waals surface area contributed by atoms with Gasteiger partial charge in [-0.15, -0.1) is 11.6 Å². The van der Waals surface area contributed by atoms with Crippen LogP contribution >= 0.6 is 11.6 Å². The lowest BCUT2D eigenvalue weighted by Gasteiger charge is -2.02. The minimum absolute atomic E-state index is 0.336. The third-order valence-corrected chi connectivity index (χ3v) is 2.82. The van der Waals surface area contributed by atoms with Gasteiger partial charge >= 0.3 is 0 Å². The molecule has 1 N–H and O–H groups in total. The van der Waals surface area contributed by atoms with Crippen molar-refractivity contribution >= 4 is 21.6 Å².